The van der Waals surface area contributed by atoms with Gasteiger partial charge in [-0.15, -0.1) is 0 Å². The molecule has 0 atom stereocenters. The van der Waals surface area contributed by atoms with Gasteiger partial charge in [0.1, 0.15) is 5.83 Å². The van der Waals surface area contributed by atoms with Crippen LogP contribution in [0, 0.1) is 0 Å². The van der Waals surface area contributed by atoms with Gasteiger partial charge in [-0.2, -0.15) is 0 Å². The third-order valence-electron chi connectivity index (χ3n) is 0.736. The SMILES string of the molecule is CC/C=C(F)\C=C(/C)Cl. The first-order valence-electron chi connectivity index (χ1n) is 2.86. The predicted molar refractivity (Wildman–Crippen MR) is 39.1 cm³/mol. The molecule has 0 aliphatic carbocycles. The van der Waals surface area contributed by atoms with Gasteiger partial charge in [-0.05, 0) is 25.5 Å². The molecule has 0 nitrogen and oxygen atoms in total. The summed E-state index contributed by atoms with van der Waals surface area (Å²) >= 11 is 5.39. The quantitative estimate of drug-likeness (QED) is 0.527. The van der Waals surface area contributed by atoms with E-state index in [0.29, 0.717) is 11.5 Å². The van der Waals surface area contributed by atoms with Gasteiger partial charge < -0.3 is 0 Å². The Morgan fingerprint density at radius 1 is 1.67 bits per heavy atom. The van der Waals surface area contributed by atoms with Crippen molar-refractivity contribution in [2.24, 2.45) is 0 Å². The molecule has 0 saturated carbocycles. The van der Waals surface area contributed by atoms with Gasteiger partial charge in [-0.3, -0.25) is 0 Å². The zero-order valence-electron chi connectivity index (χ0n) is 5.62. The summed E-state index contributed by atoms with van der Waals surface area (Å²) in [5, 5.41) is 0.470. The third-order valence-corrected chi connectivity index (χ3v) is 0.845. The van der Waals surface area contributed by atoms with E-state index in [1.54, 1.807) is 6.92 Å². The maximum absolute atomic E-state index is 12.4. The summed E-state index contributed by atoms with van der Waals surface area (Å²) in [6, 6.07) is 0. The molecular weight excluding hydrogens is 139 g/mol. The average molecular weight is 149 g/mol. The lowest BCUT2D eigenvalue weighted by molar-refractivity contribution is 0.660. The van der Waals surface area contributed by atoms with E-state index in [1.807, 2.05) is 6.92 Å². The number of allylic oxidation sites excluding steroid dienone is 4. The predicted octanol–water partition coefficient (Wildman–Crippen LogP) is 3.39. The largest absolute Gasteiger partial charge is 0.207 e. The molecule has 52 valence electrons. The molecule has 0 spiro atoms. The van der Waals surface area contributed by atoms with Gasteiger partial charge in [0.05, 0.1) is 0 Å². The first-order chi connectivity index (χ1) is 4.16. The van der Waals surface area contributed by atoms with Crippen molar-refractivity contribution in [2.45, 2.75) is 20.3 Å². The normalized spacial score (nSPS) is 14.2. The molecule has 0 bridgehead atoms. The maximum Gasteiger partial charge on any atom is 0.120 e. The fourth-order valence-electron chi connectivity index (χ4n) is 0.444. The van der Waals surface area contributed by atoms with E-state index < -0.39 is 0 Å². The average Bonchev–Trinajstić information content (AvgIpc) is 1.63. The molecule has 0 heterocycles. The van der Waals surface area contributed by atoms with Crippen molar-refractivity contribution < 1.29 is 4.39 Å². The molecule has 0 rings (SSSR count). The highest BCUT2D eigenvalue weighted by Gasteiger charge is 1.86. The van der Waals surface area contributed by atoms with E-state index in [1.165, 1.54) is 12.2 Å². The molecule has 0 aromatic heterocycles. The van der Waals surface area contributed by atoms with Crippen LogP contribution in [-0.4, -0.2) is 0 Å². The standard InChI is InChI=1S/C7H10ClF/c1-3-4-7(9)5-6(2)8/h4-5H,3H2,1-2H3/b6-5+,7-4+. The second-order valence-electron chi connectivity index (χ2n) is 1.73. The van der Waals surface area contributed by atoms with E-state index in [-0.39, 0.29) is 5.83 Å². The minimum absolute atomic E-state index is 0.259. The first kappa shape index (κ1) is 8.70. The lowest BCUT2D eigenvalue weighted by atomic mass is 10.3. The fraction of sp³-hybridized carbons (Fsp3) is 0.429. The Balaban J connectivity index is 3.90. The Bertz CT molecular complexity index is 132. The highest BCUT2D eigenvalue weighted by Crippen LogP contribution is 2.07. The number of rotatable bonds is 2. The molecule has 9 heavy (non-hydrogen) atoms. The van der Waals surface area contributed by atoms with Gasteiger partial charge >= 0.3 is 0 Å². The Hall–Kier alpha value is -0.300. The van der Waals surface area contributed by atoms with E-state index in [0.717, 1.165) is 0 Å². The lowest BCUT2D eigenvalue weighted by Gasteiger charge is -1.85. The van der Waals surface area contributed by atoms with Gasteiger partial charge in [0.15, 0.2) is 0 Å². The molecule has 0 amide bonds. The van der Waals surface area contributed by atoms with Crippen LogP contribution in [0.4, 0.5) is 4.39 Å². The summed E-state index contributed by atoms with van der Waals surface area (Å²) < 4.78 is 12.4. The van der Waals surface area contributed by atoms with E-state index in [4.69, 9.17) is 11.6 Å². The van der Waals surface area contributed by atoms with Crippen LogP contribution in [0.1, 0.15) is 20.3 Å². The topological polar surface area (TPSA) is 0 Å². The van der Waals surface area contributed by atoms with Crippen molar-refractivity contribution in [3.8, 4) is 0 Å². The zero-order chi connectivity index (χ0) is 7.28. The molecule has 0 saturated heterocycles. The summed E-state index contributed by atoms with van der Waals surface area (Å²) in [4.78, 5) is 0. The Morgan fingerprint density at radius 2 is 2.22 bits per heavy atom. The van der Waals surface area contributed by atoms with Gasteiger partial charge in [0.2, 0.25) is 0 Å². The second-order valence-corrected chi connectivity index (χ2v) is 2.32. The Kier molecular flexibility index (Phi) is 4.41. The molecule has 2 heteroatoms. The summed E-state index contributed by atoms with van der Waals surface area (Å²) in [6.07, 6.45) is 3.48. The molecule has 0 radical (unpaired) electrons. The summed E-state index contributed by atoms with van der Waals surface area (Å²) in [6.45, 7) is 3.52. The second kappa shape index (κ2) is 4.57. The van der Waals surface area contributed by atoms with Crippen molar-refractivity contribution in [1.29, 1.82) is 0 Å². The monoisotopic (exact) mass is 148 g/mol. The van der Waals surface area contributed by atoms with E-state index >= 15 is 0 Å². The van der Waals surface area contributed by atoms with Crippen LogP contribution >= 0.6 is 11.6 Å². The summed E-state index contributed by atoms with van der Waals surface area (Å²) in [5.74, 6) is -0.259. The Labute approximate surface area is 60.0 Å². The fourth-order valence-corrected chi connectivity index (χ4v) is 0.548. The molecule has 0 N–H and O–H groups in total. The van der Waals surface area contributed by atoms with Crippen molar-refractivity contribution in [2.75, 3.05) is 0 Å². The third kappa shape index (κ3) is 5.57. The van der Waals surface area contributed by atoms with Gasteiger partial charge in [0.25, 0.3) is 0 Å². The maximum atomic E-state index is 12.4. The lowest BCUT2D eigenvalue weighted by Crippen LogP contribution is -1.65. The minimum Gasteiger partial charge on any atom is -0.207 e. The van der Waals surface area contributed by atoms with Crippen molar-refractivity contribution in [3.63, 3.8) is 0 Å². The number of halogens is 2. The highest BCUT2D eigenvalue weighted by molar-refractivity contribution is 6.29. The van der Waals surface area contributed by atoms with Gasteiger partial charge in [0, 0.05) is 5.03 Å². The van der Waals surface area contributed by atoms with E-state index in [2.05, 4.69) is 0 Å². The first-order valence-corrected chi connectivity index (χ1v) is 3.24. The van der Waals surface area contributed by atoms with Crippen LogP contribution in [0.2, 0.25) is 0 Å². The molecule has 0 aromatic rings. The molecule has 0 unspecified atom stereocenters. The van der Waals surface area contributed by atoms with Crippen molar-refractivity contribution >= 4 is 11.6 Å². The van der Waals surface area contributed by atoms with Crippen LogP contribution in [-0.2, 0) is 0 Å². The molecule has 0 aromatic carbocycles. The van der Waals surface area contributed by atoms with E-state index in [9.17, 15) is 4.39 Å². The molecular formula is C7H10ClF. The summed E-state index contributed by atoms with van der Waals surface area (Å²) in [7, 11) is 0. The summed E-state index contributed by atoms with van der Waals surface area (Å²) in [5.41, 5.74) is 0. The smallest absolute Gasteiger partial charge is 0.120 e. The Morgan fingerprint density at radius 3 is 2.56 bits per heavy atom. The number of hydrogen-bond acceptors (Lipinski definition) is 0. The molecule has 0 aliphatic heterocycles. The van der Waals surface area contributed by atoms with Crippen LogP contribution < -0.4 is 0 Å². The van der Waals surface area contributed by atoms with Crippen LogP contribution in [0.25, 0.3) is 0 Å². The highest BCUT2D eigenvalue weighted by atomic mass is 35.5. The van der Waals surface area contributed by atoms with Crippen LogP contribution in [0.15, 0.2) is 23.0 Å². The van der Waals surface area contributed by atoms with Gasteiger partial charge in [-0.1, -0.05) is 18.5 Å². The number of hydrogen-bond donors (Lipinski definition) is 0. The van der Waals surface area contributed by atoms with Crippen molar-refractivity contribution in [1.82, 2.24) is 0 Å². The minimum atomic E-state index is -0.259. The van der Waals surface area contributed by atoms with Crippen molar-refractivity contribution in [3.05, 3.63) is 23.0 Å². The zero-order valence-corrected chi connectivity index (χ0v) is 6.37. The van der Waals surface area contributed by atoms with Gasteiger partial charge in [-0.25, -0.2) is 4.39 Å². The molecule has 0 aliphatic rings. The van der Waals surface area contributed by atoms with Crippen LogP contribution in [0.5, 0.6) is 0 Å². The van der Waals surface area contributed by atoms with Crippen LogP contribution in [0.3, 0.4) is 0 Å². The molecule has 0 fully saturated rings.